The first-order valence-corrected chi connectivity index (χ1v) is 4.34. The van der Waals surface area contributed by atoms with Crippen LogP contribution in [0.1, 0.15) is 25.6 Å². The number of hydrogen-bond acceptors (Lipinski definition) is 5. The van der Waals surface area contributed by atoms with Gasteiger partial charge in [0.1, 0.15) is 12.0 Å². The lowest BCUT2D eigenvalue weighted by Gasteiger charge is -1.98. The van der Waals surface area contributed by atoms with Crippen molar-refractivity contribution < 1.29 is 10.0 Å². The molecule has 0 saturated carbocycles. The molecule has 6 nitrogen and oxygen atoms in total. The van der Waals surface area contributed by atoms with Crippen molar-refractivity contribution in [1.29, 1.82) is 0 Å². The second-order valence-electron chi connectivity index (χ2n) is 2.86. The summed E-state index contributed by atoms with van der Waals surface area (Å²) in [7, 11) is 0. The average molecular weight is 197 g/mol. The molecule has 0 bridgehead atoms. The molecule has 0 aliphatic rings. The minimum absolute atomic E-state index is 0.440. The summed E-state index contributed by atoms with van der Waals surface area (Å²) in [5, 5.41) is 19.5. The Balaban J connectivity index is 2.83. The van der Waals surface area contributed by atoms with Gasteiger partial charge in [-0.05, 0) is 6.42 Å². The molecule has 0 unspecified atom stereocenters. The van der Waals surface area contributed by atoms with Gasteiger partial charge in [0.15, 0.2) is 0 Å². The summed E-state index contributed by atoms with van der Waals surface area (Å²) in [6.45, 7) is 2.02. The number of aromatic hydroxyl groups is 1. The van der Waals surface area contributed by atoms with Gasteiger partial charge in [0, 0.05) is 6.42 Å². The zero-order valence-electron chi connectivity index (χ0n) is 7.80. The van der Waals surface area contributed by atoms with Gasteiger partial charge in [0.2, 0.25) is 0 Å². The molecule has 0 spiro atoms. The monoisotopic (exact) mass is 197 g/mol. The molecule has 1 aromatic rings. The second-order valence-corrected chi connectivity index (χ2v) is 2.86. The van der Waals surface area contributed by atoms with E-state index in [9.17, 15) is 10.1 Å². The largest absolute Gasteiger partial charge is 0.488 e. The smallest absolute Gasteiger partial charge is 0.348 e. The lowest BCUT2D eigenvalue weighted by molar-refractivity contribution is -0.386. The molecule has 0 fully saturated rings. The fraction of sp³-hybridized carbons (Fsp3) is 0.500. The van der Waals surface area contributed by atoms with Gasteiger partial charge >= 0.3 is 5.69 Å². The summed E-state index contributed by atoms with van der Waals surface area (Å²) >= 11 is 0. The Morgan fingerprint density at radius 2 is 2.36 bits per heavy atom. The van der Waals surface area contributed by atoms with E-state index in [1.54, 1.807) is 0 Å². The van der Waals surface area contributed by atoms with Crippen molar-refractivity contribution >= 4 is 5.69 Å². The molecule has 0 amide bonds. The van der Waals surface area contributed by atoms with E-state index in [1.165, 1.54) is 0 Å². The minimum atomic E-state index is -0.709. The van der Waals surface area contributed by atoms with Gasteiger partial charge in [-0.25, -0.2) is 4.98 Å². The number of nitrogens with zero attached hydrogens (tertiary/aromatic N) is 3. The Hall–Kier alpha value is -1.72. The van der Waals surface area contributed by atoms with Gasteiger partial charge < -0.3 is 5.11 Å². The highest BCUT2D eigenvalue weighted by Crippen LogP contribution is 2.21. The Morgan fingerprint density at radius 1 is 1.64 bits per heavy atom. The first-order valence-electron chi connectivity index (χ1n) is 4.34. The maximum atomic E-state index is 10.3. The van der Waals surface area contributed by atoms with Crippen LogP contribution in [-0.4, -0.2) is 20.0 Å². The molecule has 0 aliphatic carbocycles. The molecule has 1 heterocycles. The summed E-state index contributed by atoms with van der Waals surface area (Å²) in [4.78, 5) is 17.0. The van der Waals surface area contributed by atoms with Gasteiger partial charge in [-0.3, -0.25) is 10.1 Å². The van der Waals surface area contributed by atoms with Crippen molar-refractivity contribution in [3.05, 3.63) is 22.1 Å². The molecule has 76 valence electrons. The highest BCUT2D eigenvalue weighted by molar-refractivity contribution is 5.36. The predicted molar refractivity (Wildman–Crippen MR) is 49.0 cm³/mol. The molecular formula is C8H11N3O3. The Labute approximate surface area is 80.8 Å². The number of unbranched alkanes of at least 4 members (excludes halogenated alkanes) is 1. The first-order chi connectivity index (χ1) is 6.65. The van der Waals surface area contributed by atoms with Crippen LogP contribution in [0.4, 0.5) is 5.69 Å². The third-order valence-electron chi connectivity index (χ3n) is 1.75. The van der Waals surface area contributed by atoms with Crippen molar-refractivity contribution in [3.63, 3.8) is 0 Å². The number of aryl methyl sites for hydroxylation is 1. The van der Waals surface area contributed by atoms with Gasteiger partial charge in [0.05, 0.1) is 4.92 Å². The quantitative estimate of drug-likeness (QED) is 0.582. The van der Waals surface area contributed by atoms with Gasteiger partial charge in [-0.15, -0.1) is 0 Å². The van der Waals surface area contributed by atoms with Crippen LogP contribution < -0.4 is 0 Å². The molecule has 0 radical (unpaired) electrons. The van der Waals surface area contributed by atoms with E-state index in [0.29, 0.717) is 12.2 Å². The Kier molecular flexibility index (Phi) is 3.33. The molecule has 14 heavy (non-hydrogen) atoms. The van der Waals surface area contributed by atoms with Crippen LogP contribution in [0, 0.1) is 10.1 Å². The topological polar surface area (TPSA) is 89.2 Å². The highest BCUT2D eigenvalue weighted by atomic mass is 16.6. The lowest BCUT2D eigenvalue weighted by atomic mass is 10.2. The molecule has 0 saturated heterocycles. The Morgan fingerprint density at radius 3 is 2.86 bits per heavy atom. The van der Waals surface area contributed by atoms with E-state index < -0.39 is 16.5 Å². The van der Waals surface area contributed by atoms with E-state index >= 15 is 0 Å². The summed E-state index contributed by atoms with van der Waals surface area (Å²) in [5.74, 6) is -0.119. The van der Waals surface area contributed by atoms with Crippen LogP contribution in [0.2, 0.25) is 0 Å². The first kappa shape index (κ1) is 10.4. The molecule has 6 heteroatoms. The van der Waals surface area contributed by atoms with E-state index in [4.69, 9.17) is 5.11 Å². The van der Waals surface area contributed by atoms with Crippen LogP contribution in [0.25, 0.3) is 0 Å². The van der Waals surface area contributed by atoms with Crippen molar-refractivity contribution in [1.82, 2.24) is 9.97 Å². The molecule has 0 aromatic carbocycles. The number of hydrogen-bond donors (Lipinski definition) is 1. The van der Waals surface area contributed by atoms with Crippen molar-refractivity contribution in [2.45, 2.75) is 26.2 Å². The van der Waals surface area contributed by atoms with Gasteiger partial charge in [0.25, 0.3) is 5.88 Å². The summed E-state index contributed by atoms with van der Waals surface area (Å²) in [6.07, 6.45) is 3.55. The number of nitro groups is 1. The summed E-state index contributed by atoms with van der Waals surface area (Å²) < 4.78 is 0. The predicted octanol–water partition coefficient (Wildman–Crippen LogP) is 1.43. The maximum Gasteiger partial charge on any atom is 0.348 e. The van der Waals surface area contributed by atoms with Crippen LogP contribution in [0.15, 0.2) is 6.20 Å². The normalized spacial score (nSPS) is 10.1. The minimum Gasteiger partial charge on any atom is -0.488 e. The van der Waals surface area contributed by atoms with E-state index in [-0.39, 0.29) is 0 Å². The van der Waals surface area contributed by atoms with E-state index in [2.05, 4.69) is 9.97 Å². The molecule has 0 atom stereocenters. The van der Waals surface area contributed by atoms with Crippen molar-refractivity contribution in [3.8, 4) is 5.88 Å². The van der Waals surface area contributed by atoms with Crippen LogP contribution >= 0.6 is 0 Å². The molecular weight excluding hydrogens is 186 g/mol. The van der Waals surface area contributed by atoms with E-state index in [0.717, 1.165) is 19.0 Å². The third-order valence-corrected chi connectivity index (χ3v) is 1.75. The molecule has 1 aromatic heterocycles. The number of rotatable bonds is 4. The maximum absolute atomic E-state index is 10.3. The van der Waals surface area contributed by atoms with Crippen LogP contribution in [0.5, 0.6) is 5.88 Å². The summed E-state index contributed by atoms with van der Waals surface area (Å²) in [5.41, 5.74) is -0.453. The van der Waals surface area contributed by atoms with Crippen LogP contribution in [-0.2, 0) is 6.42 Å². The fourth-order valence-corrected chi connectivity index (χ4v) is 0.986. The number of aromatic nitrogens is 2. The molecule has 1 N–H and O–H groups in total. The average Bonchev–Trinajstić information content (AvgIpc) is 2.14. The molecule has 0 aliphatic heterocycles. The van der Waals surface area contributed by atoms with Crippen LogP contribution in [0.3, 0.4) is 0 Å². The fourth-order valence-electron chi connectivity index (χ4n) is 0.986. The Bertz CT molecular complexity index is 341. The van der Waals surface area contributed by atoms with Gasteiger partial charge in [-0.1, -0.05) is 13.3 Å². The standard InChI is InChI=1S/C8H11N3O3/c1-2-3-4-7-9-5-6(11(13)14)8(12)10-7/h5H,2-4H2,1H3,(H,9,10,12). The summed E-state index contributed by atoms with van der Waals surface area (Å²) in [6, 6.07) is 0. The zero-order chi connectivity index (χ0) is 10.6. The highest BCUT2D eigenvalue weighted by Gasteiger charge is 2.15. The lowest BCUT2D eigenvalue weighted by Crippen LogP contribution is -1.98. The van der Waals surface area contributed by atoms with Crippen molar-refractivity contribution in [2.75, 3.05) is 0 Å². The zero-order valence-corrected chi connectivity index (χ0v) is 7.80. The van der Waals surface area contributed by atoms with Crippen molar-refractivity contribution in [2.24, 2.45) is 0 Å². The molecule has 1 rings (SSSR count). The van der Waals surface area contributed by atoms with Gasteiger partial charge in [-0.2, -0.15) is 4.98 Å². The SMILES string of the molecule is CCCCc1ncc([N+](=O)[O-])c(O)n1. The van der Waals surface area contributed by atoms with E-state index in [1.807, 2.05) is 6.92 Å². The third kappa shape index (κ3) is 2.38. The second kappa shape index (κ2) is 4.50.